The number of ether oxygens (including phenoxy) is 1. The summed E-state index contributed by atoms with van der Waals surface area (Å²) in [5.74, 6) is -1.17. The van der Waals surface area contributed by atoms with Crippen LogP contribution >= 0.6 is 12.2 Å². The number of methoxy groups -OCH3 is 1. The van der Waals surface area contributed by atoms with Gasteiger partial charge in [-0.3, -0.25) is 9.78 Å². The molecule has 0 amide bonds. The molecule has 0 spiro atoms. The lowest BCUT2D eigenvalue weighted by atomic mass is 10.1. The number of hydrogen-bond donors (Lipinski definition) is 2. The van der Waals surface area contributed by atoms with Crippen molar-refractivity contribution in [2.45, 2.75) is 19.9 Å². The van der Waals surface area contributed by atoms with Crippen LogP contribution in [0, 0.1) is 11.7 Å². The van der Waals surface area contributed by atoms with Crippen LogP contribution in [0.15, 0.2) is 10.9 Å². The van der Waals surface area contributed by atoms with Gasteiger partial charge in [0.05, 0.1) is 10.9 Å². The Morgan fingerprint density at radius 1 is 1.57 bits per heavy atom. The molecule has 0 aliphatic heterocycles. The van der Waals surface area contributed by atoms with Gasteiger partial charge < -0.3 is 14.4 Å². The number of rotatable bonds is 5. The molecule has 2 rings (SSSR count). The standard InChI is InChI=1S/C13H15N3O4S/c1-7-6-8(12(18)19)9-10(14-7)16(4-3-5-20-2)13(21)15-11(9)17/h6H,3-5H2,1-2H3,(H,18,19)(H,15,17,21). The Morgan fingerprint density at radius 3 is 2.90 bits per heavy atom. The van der Waals surface area contributed by atoms with E-state index in [1.807, 2.05) is 0 Å². The highest BCUT2D eigenvalue weighted by Gasteiger charge is 2.16. The summed E-state index contributed by atoms with van der Waals surface area (Å²) < 4.78 is 6.84. The molecular formula is C13H15N3O4S. The third-order valence-electron chi connectivity index (χ3n) is 3.04. The minimum atomic E-state index is -1.17. The lowest BCUT2D eigenvalue weighted by Crippen LogP contribution is -2.19. The second kappa shape index (κ2) is 6.15. The number of aromatic amines is 1. The van der Waals surface area contributed by atoms with E-state index in [2.05, 4.69) is 9.97 Å². The number of aromatic nitrogens is 3. The fraction of sp³-hybridized carbons (Fsp3) is 0.385. The van der Waals surface area contributed by atoms with Gasteiger partial charge in [0.2, 0.25) is 0 Å². The van der Waals surface area contributed by atoms with Crippen LogP contribution in [0.1, 0.15) is 22.5 Å². The number of H-pyrrole nitrogens is 1. The number of aromatic carboxylic acids is 1. The quantitative estimate of drug-likeness (QED) is 0.641. The first-order valence-electron chi connectivity index (χ1n) is 6.32. The lowest BCUT2D eigenvalue weighted by molar-refractivity contribution is 0.0698. The van der Waals surface area contributed by atoms with Crippen LogP contribution < -0.4 is 5.56 Å². The van der Waals surface area contributed by atoms with Gasteiger partial charge in [-0.25, -0.2) is 9.78 Å². The van der Waals surface area contributed by atoms with E-state index in [1.54, 1.807) is 18.6 Å². The van der Waals surface area contributed by atoms with Gasteiger partial charge in [-0.15, -0.1) is 0 Å². The van der Waals surface area contributed by atoms with E-state index in [0.717, 1.165) is 0 Å². The number of hydrogen-bond acceptors (Lipinski definition) is 5. The number of pyridine rings is 1. The average molecular weight is 309 g/mol. The summed E-state index contributed by atoms with van der Waals surface area (Å²) >= 11 is 5.15. The molecule has 2 N–H and O–H groups in total. The van der Waals surface area contributed by atoms with Gasteiger partial charge in [0, 0.05) is 26.0 Å². The van der Waals surface area contributed by atoms with E-state index in [1.165, 1.54) is 6.07 Å². The molecule has 21 heavy (non-hydrogen) atoms. The van der Waals surface area contributed by atoms with Crippen LogP contribution in [-0.4, -0.2) is 39.3 Å². The first-order valence-corrected chi connectivity index (χ1v) is 6.73. The number of aryl methyl sites for hydroxylation is 2. The molecule has 2 heterocycles. The molecule has 0 unspecified atom stereocenters. The topological polar surface area (TPSA) is 97.2 Å². The lowest BCUT2D eigenvalue weighted by Gasteiger charge is -2.12. The van der Waals surface area contributed by atoms with Gasteiger partial charge >= 0.3 is 5.97 Å². The van der Waals surface area contributed by atoms with Gasteiger partial charge in [0.25, 0.3) is 5.56 Å². The molecule has 0 aromatic carbocycles. The minimum Gasteiger partial charge on any atom is -0.478 e. The van der Waals surface area contributed by atoms with Crippen molar-refractivity contribution >= 4 is 29.2 Å². The summed E-state index contributed by atoms with van der Waals surface area (Å²) in [5.41, 5.74) is 0.190. The molecule has 8 heteroatoms. The molecule has 0 aliphatic rings. The Morgan fingerprint density at radius 2 is 2.29 bits per heavy atom. The highest BCUT2D eigenvalue weighted by Crippen LogP contribution is 2.15. The smallest absolute Gasteiger partial charge is 0.336 e. The number of nitrogens with one attached hydrogen (secondary N) is 1. The van der Waals surface area contributed by atoms with Gasteiger partial charge in [-0.1, -0.05) is 0 Å². The van der Waals surface area contributed by atoms with Crippen molar-refractivity contribution in [3.8, 4) is 0 Å². The number of carboxylic acid groups (broad SMARTS) is 1. The Kier molecular flexibility index (Phi) is 4.49. The minimum absolute atomic E-state index is 0.0408. The molecule has 2 aromatic heterocycles. The number of carboxylic acids is 1. The van der Waals surface area contributed by atoms with Crippen LogP contribution in [0.4, 0.5) is 0 Å². The van der Waals surface area contributed by atoms with E-state index < -0.39 is 11.5 Å². The summed E-state index contributed by atoms with van der Waals surface area (Å²) in [6.45, 7) is 2.69. The zero-order valence-electron chi connectivity index (χ0n) is 11.7. The van der Waals surface area contributed by atoms with E-state index in [-0.39, 0.29) is 21.4 Å². The van der Waals surface area contributed by atoms with Crippen molar-refractivity contribution in [2.75, 3.05) is 13.7 Å². The molecule has 2 aromatic rings. The highest BCUT2D eigenvalue weighted by atomic mass is 32.1. The van der Waals surface area contributed by atoms with Crippen LogP contribution in [0.5, 0.6) is 0 Å². The maximum Gasteiger partial charge on any atom is 0.336 e. The van der Waals surface area contributed by atoms with E-state index in [4.69, 9.17) is 17.0 Å². The summed E-state index contributed by atoms with van der Waals surface area (Å²) in [4.78, 5) is 30.2. The molecular weight excluding hydrogens is 294 g/mol. The zero-order valence-corrected chi connectivity index (χ0v) is 12.5. The highest BCUT2D eigenvalue weighted by molar-refractivity contribution is 7.71. The number of fused-ring (bicyclic) bond motifs is 1. The van der Waals surface area contributed by atoms with Crippen LogP contribution in [-0.2, 0) is 11.3 Å². The molecule has 7 nitrogen and oxygen atoms in total. The Hall–Kier alpha value is -2.06. The predicted octanol–water partition coefficient (Wildman–Crippen LogP) is 1.50. The normalized spacial score (nSPS) is 11.0. The van der Waals surface area contributed by atoms with Crippen molar-refractivity contribution in [3.63, 3.8) is 0 Å². The van der Waals surface area contributed by atoms with Gasteiger partial charge in [0.15, 0.2) is 4.77 Å². The maximum absolute atomic E-state index is 12.1. The molecule has 0 bridgehead atoms. The van der Waals surface area contributed by atoms with Crippen LogP contribution in [0.2, 0.25) is 0 Å². The Balaban J connectivity index is 2.77. The Bertz CT molecular complexity index is 809. The summed E-state index contributed by atoms with van der Waals surface area (Å²) in [6.07, 6.45) is 0.671. The largest absolute Gasteiger partial charge is 0.478 e. The van der Waals surface area contributed by atoms with Crippen LogP contribution in [0.3, 0.4) is 0 Å². The summed E-state index contributed by atoms with van der Waals surface area (Å²) in [7, 11) is 1.59. The monoisotopic (exact) mass is 309 g/mol. The molecule has 0 saturated carbocycles. The molecule has 0 aliphatic carbocycles. The molecule has 0 radical (unpaired) electrons. The van der Waals surface area contributed by atoms with Crippen molar-refractivity contribution in [1.82, 2.24) is 14.5 Å². The molecule has 0 fully saturated rings. The molecule has 112 valence electrons. The van der Waals surface area contributed by atoms with Crippen molar-refractivity contribution in [1.29, 1.82) is 0 Å². The first kappa shape index (κ1) is 15.3. The number of nitrogens with zero attached hydrogens (tertiary/aromatic N) is 2. The summed E-state index contributed by atoms with van der Waals surface area (Å²) in [6, 6.07) is 1.38. The van der Waals surface area contributed by atoms with Gasteiger partial charge in [-0.2, -0.15) is 0 Å². The Labute approximate surface area is 125 Å². The van der Waals surface area contributed by atoms with E-state index in [0.29, 0.717) is 25.3 Å². The number of carbonyl (C=O) groups is 1. The van der Waals surface area contributed by atoms with Crippen molar-refractivity contribution in [3.05, 3.63) is 32.4 Å². The van der Waals surface area contributed by atoms with Crippen LogP contribution in [0.25, 0.3) is 11.0 Å². The fourth-order valence-corrected chi connectivity index (χ4v) is 2.41. The fourth-order valence-electron chi connectivity index (χ4n) is 2.14. The molecule has 0 saturated heterocycles. The average Bonchev–Trinajstić information content (AvgIpc) is 2.41. The van der Waals surface area contributed by atoms with Gasteiger partial charge in [-0.05, 0) is 31.6 Å². The second-order valence-corrected chi connectivity index (χ2v) is 4.96. The van der Waals surface area contributed by atoms with E-state index in [9.17, 15) is 14.7 Å². The third-order valence-corrected chi connectivity index (χ3v) is 3.36. The SMILES string of the molecule is COCCCn1c(=S)[nH]c(=O)c2c(C(=O)O)cc(C)nc21. The second-order valence-electron chi connectivity index (χ2n) is 4.57. The van der Waals surface area contributed by atoms with Crippen molar-refractivity contribution in [2.24, 2.45) is 0 Å². The first-order chi connectivity index (χ1) is 9.95. The molecule has 0 atom stereocenters. The predicted molar refractivity (Wildman–Crippen MR) is 79.4 cm³/mol. The summed E-state index contributed by atoms with van der Waals surface area (Å²) in [5, 5.41) is 9.31. The van der Waals surface area contributed by atoms with Crippen molar-refractivity contribution < 1.29 is 14.6 Å². The van der Waals surface area contributed by atoms with E-state index >= 15 is 0 Å². The maximum atomic E-state index is 12.1. The zero-order chi connectivity index (χ0) is 15.6. The van der Waals surface area contributed by atoms with Gasteiger partial charge in [0.1, 0.15) is 5.65 Å². The third kappa shape index (κ3) is 3.01.